The maximum absolute atomic E-state index is 12.6. The molecule has 1 aromatic carbocycles. The van der Waals surface area contributed by atoms with Crippen LogP contribution in [0.25, 0.3) is 0 Å². The number of fused-ring (bicyclic) bond motifs is 1. The highest BCUT2D eigenvalue weighted by atomic mass is 16.2. The minimum atomic E-state index is -0.0110. The van der Waals surface area contributed by atoms with Gasteiger partial charge in [0, 0.05) is 18.7 Å². The fourth-order valence-electron chi connectivity index (χ4n) is 3.21. The van der Waals surface area contributed by atoms with Gasteiger partial charge in [0.15, 0.2) is 0 Å². The lowest BCUT2D eigenvalue weighted by atomic mass is 9.87. The Morgan fingerprint density at radius 2 is 2.17 bits per heavy atom. The van der Waals surface area contributed by atoms with E-state index >= 15 is 0 Å². The largest absolute Gasteiger partial charge is 0.332 e. The first kappa shape index (κ1) is 11.7. The summed E-state index contributed by atoms with van der Waals surface area (Å²) in [7, 11) is 0. The van der Waals surface area contributed by atoms with Crippen molar-refractivity contribution in [2.75, 3.05) is 19.6 Å². The SMILES string of the molecule is CC1(N2CCc3ccccc3C2=O)CCCNC1. The second kappa shape index (κ2) is 4.39. The molecule has 0 aromatic heterocycles. The molecular formula is C15H20N2O. The van der Waals surface area contributed by atoms with Crippen LogP contribution in [0.15, 0.2) is 24.3 Å². The summed E-state index contributed by atoms with van der Waals surface area (Å²) >= 11 is 0. The van der Waals surface area contributed by atoms with Gasteiger partial charge in [-0.15, -0.1) is 0 Å². The molecule has 0 saturated carbocycles. The van der Waals surface area contributed by atoms with Gasteiger partial charge in [0.25, 0.3) is 5.91 Å². The summed E-state index contributed by atoms with van der Waals surface area (Å²) in [6.07, 6.45) is 3.24. The Bertz CT molecular complexity index is 463. The summed E-state index contributed by atoms with van der Waals surface area (Å²) in [5, 5.41) is 3.42. The van der Waals surface area contributed by atoms with Gasteiger partial charge in [0.2, 0.25) is 0 Å². The number of piperidine rings is 1. The highest BCUT2D eigenvalue weighted by molar-refractivity contribution is 5.97. The van der Waals surface area contributed by atoms with Crippen LogP contribution in [0.4, 0.5) is 0 Å². The maximum atomic E-state index is 12.6. The third-order valence-corrected chi connectivity index (χ3v) is 4.32. The molecule has 3 rings (SSSR count). The van der Waals surface area contributed by atoms with Crippen LogP contribution >= 0.6 is 0 Å². The van der Waals surface area contributed by atoms with Gasteiger partial charge in [-0.3, -0.25) is 4.79 Å². The van der Waals surface area contributed by atoms with Crippen LogP contribution in [0.2, 0.25) is 0 Å². The van der Waals surface area contributed by atoms with Crippen LogP contribution in [-0.4, -0.2) is 36.0 Å². The van der Waals surface area contributed by atoms with Crippen molar-refractivity contribution in [2.45, 2.75) is 31.7 Å². The topological polar surface area (TPSA) is 32.3 Å². The summed E-state index contributed by atoms with van der Waals surface area (Å²) in [6, 6.07) is 8.02. The van der Waals surface area contributed by atoms with Gasteiger partial charge < -0.3 is 10.2 Å². The van der Waals surface area contributed by atoms with E-state index in [0.717, 1.165) is 44.5 Å². The summed E-state index contributed by atoms with van der Waals surface area (Å²) < 4.78 is 0. The van der Waals surface area contributed by atoms with E-state index in [1.165, 1.54) is 5.56 Å². The number of benzene rings is 1. The molecule has 18 heavy (non-hydrogen) atoms. The Morgan fingerprint density at radius 1 is 1.33 bits per heavy atom. The Hall–Kier alpha value is -1.35. The molecule has 1 fully saturated rings. The van der Waals surface area contributed by atoms with Crippen LogP contribution in [0.5, 0.6) is 0 Å². The molecule has 3 nitrogen and oxygen atoms in total. The zero-order valence-electron chi connectivity index (χ0n) is 10.9. The van der Waals surface area contributed by atoms with Crippen molar-refractivity contribution in [3.63, 3.8) is 0 Å². The van der Waals surface area contributed by atoms with E-state index in [1.54, 1.807) is 0 Å². The van der Waals surface area contributed by atoms with E-state index in [2.05, 4.69) is 23.2 Å². The van der Waals surface area contributed by atoms with Crippen molar-refractivity contribution >= 4 is 5.91 Å². The lowest BCUT2D eigenvalue weighted by molar-refractivity contribution is 0.0416. The number of carbonyl (C=O) groups is 1. The minimum Gasteiger partial charge on any atom is -0.332 e. The zero-order valence-corrected chi connectivity index (χ0v) is 10.9. The van der Waals surface area contributed by atoms with Gasteiger partial charge in [-0.25, -0.2) is 0 Å². The second-order valence-electron chi connectivity index (χ2n) is 5.64. The van der Waals surface area contributed by atoms with Crippen LogP contribution < -0.4 is 5.32 Å². The summed E-state index contributed by atoms with van der Waals surface area (Å²) in [5.41, 5.74) is 2.09. The standard InChI is InChI=1S/C15H20N2O/c1-15(8-4-9-16-11-15)17-10-7-12-5-2-3-6-13(12)14(17)18/h2-3,5-6,16H,4,7-11H2,1H3. The van der Waals surface area contributed by atoms with E-state index in [9.17, 15) is 4.79 Å². The second-order valence-corrected chi connectivity index (χ2v) is 5.64. The smallest absolute Gasteiger partial charge is 0.254 e. The molecule has 2 heterocycles. The molecular weight excluding hydrogens is 224 g/mol. The van der Waals surface area contributed by atoms with Crippen molar-refractivity contribution in [2.24, 2.45) is 0 Å². The predicted octanol–water partition coefficient (Wildman–Crippen LogP) is 1.83. The number of hydrogen-bond donors (Lipinski definition) is 1. The number of carbonyl (C=O) groups excluding carboxylic acids is 1. The van der Waals surface area contributed by atoms with Crippen LogP contribution in [0.1, 0.15) is 35.7 Å². The Balaban J connectivity index is 1.90. The molecule has 0 bridgehead atoms. The molecule has 1 saturated heterocycles. The molecule has 96 valence electrons. The molecule has 1 N–H and O–H groups in total. The Morgan fingerprint density at radius 3 is 2.94 bits per heavy atom. The molecule has 3 heteroatoms. The van der Waals surface area contributed by atoms with Gasteiger partial charge in [-0.1, -0.05) is 18.2 Å². The first-order valence-electron chi connectivity index (χ1n) is 6.81. The van der Waals surface area contributed by atoms with Crippen molar-refractivity contribution in [3.05, 3.63) is 35.4 Å². The number of nitrogens with one attached hydrogen (secondary N) is 1. The number of rotatable bonds is 1. The third kappa shape index (κ3) is 1.83. The minimum absolute atomic E-state index is 0.0110. The molecule has 1 unspecified atom stereocenters. The number of nitrogens with zero attached hydrogens (tertiary/aromatic N) is 1. The molecule has 1 amide bonds. The maximum Gasteiger partial charge on any atom is 0.254 e. The van der Waals surface area contributed by atoms with Gasteiger partial charge in [0.1, 0.15) is 0 Å². The van der Waals surface area contributed by atoms with E-state index in [0.29, 0.717) is 0 Å². The first-order valence-corrected chi connectivity index (χ1v) is 6.81. The van der Waals surface area contributed by atoms with Crippen molar-refractivity contribution < 1.29 is 4.79 Å². The average molecular weight is 244 g/mol. The quantitative estimate of drug-likeness (QED) is 0.817. The van der Waals surface area contributed by atoms with Crippen LogP contribution in [0.3, 0.4) is 0 Å². The lowest BCUT2D eigenvalue weighted by Crippen LogP contribution is -2.59. The summed E-state index contributed by atoms with van der Waals surface area (Å²) in [6.45, 7) is 5.06. The summed E-state index contributed by atoms with van der Waals surface area (Å²) in [5.74, 6) is 0.211. The van der Waals surface area contributed by atoms with Gasteiger partial charge >= 0.3 is 0 Å². The van der Waals surface area contributed by atoms with Gasteiger partial charge in [-0.05, 0) is 44.4 Å². The monoisotopic (exact) mass is 244 g/mol. The van der Waals surface area contributed by atoms with Crippen molar-refractivity contribution in [1.29, 1.82) is 0 Å². The molecule has 1 atom stereocenters. The predicted molar refractivity (Wildman–Crippen MR) is 71.7 cm³/mol. The van der Waals surface area contributed by atoms with Crippen molar-refractivity contribution in [3.8, 4) is 0 Å². The number of hydrogen-bond acceptors (Lipinski definition) is 2. The lowest BCUT2D eigenvalue weighted by Gasteiger charge is -2.46. The van der Waals surface area contributed by atoms with E-state index in [-0.39, 0.29) is 11.4 Å². The number of amides is 1. The Labute approximate surface area is 108 Å². The fourth-order valence-corrected chi connectivity index (χ4v) is 3.21. The van der Waals surface area contributed by atoms with Gasteiger partial charge in [-0.2, -0.15) is 0 Å². The van der Waals surface area contributed by atoms with Gasteiger partial charge in [0.05, 0.1) is 5.54 Å². The normalized spacial score (nSPS) is 28.1. The highest BCUT2D eigenvalue weighted by Crippen LogP contribution is 2.29. The van der Waals surface area contributed by atoms with E-state index in [1.807, 2.05) is 18.2 Å². The fraction of sp³-hybridized carbons (Fsp3) is 0.533. The zero-order chi connectivity index (χ0) is 12.6. The molecule has 2 aliphatic rings. The molecule has 1 aromatic rings. The molecule has 0 radical (unpaired) electrons. The molecule has 2 aliphatic heterocycles. The molecule has 0 aliphatic carbocycles. The van der Waals surface area contributed by atoms with Crippen LogP contribution in [0, 0.1) is 0 Å². The average Bonchev–Trinajstić information content (AvgIpc) is 2.40. The molecule has 0 spiro atoms. The first-order chi connectivity index (χ1) is 8.71. The summed E-state index contributed by atoms with van der Waals surface area (Å²) in [4.78, 5) is 14.7. The van der Waals surface area contributed by atoms with Crippen LogP contribution in [-0.2, 0) is 6.42 Å². The highest BCUT2D eigenvalue weighted by Gasteiger charge is 2.38. The third-order valence-electron chi connectivity index (χ3n) is 4.32. The van der Waals surface area contributed by atoms with Crippen molar-refractivity contribution in [1.82, 2.24) is 10.2 Å². The Kier molecular flexibility index (Phi) is 2.86. The van der Waals surface area contributed by atoms with E-state index in [4.69, 9.17) is 0 Å². The van der Waals surface area contributed by atoms with E-state index < -0.39 is 0 Å².